The number of nitrogens with zero attached hydrogens (tertiary/aromatic N) is 2. The van der Waals surface area contributed by atoms with Crippen LogP contribution in [-0.4, -0.2) is 33.8 Å². The number of urea groups is 1. The van der Waals surface area contributed by atoms with Gasteiger partial charge in [0.15, 0.2) is 5.16 Å². The maximum atomic E-state index is 13.6. The minimum Gasteiger partial charge on any atom is -0.338 e. The second kappa shape index (κ2) is 9.65. The van der Waals surface area contributed by atoms with Crippen molar-refractivity contribution in [2.75, 3.05) is 12.3 Å². The molecule has 0 aliphatic carbocycles. The first-order chi connectivity index (χ1) is 14.8. The number of benzene rings is 1. The summed E-state index contributed by atoms with van der Waals surface area (Å²) in [6.45, 7) is 10.2. The molecule has 0 atom stereocenters. The molecule has 3 aromatic rings. The third-order valence-electron chi connectivity index (χ3n) is 5.02. The SMILES string of the molecule is CCNC(=O)NC(=O)CSc1nc2sc(C)c(CC)c2c(=O)n1-c1ccc(C)c(C)c1. The summed E-state index contributed by atoms with van der Waals surface area (Å²) >= 11 is 2.63. The fraction of sp³-hybridized carbons (Fsp3) is 0.364. The number of hydrogen-bond acceptors (Lipinski definition) is 6. The molecule has 2 aromatic heterocycles. The lowest BCUT2D eigenvalue weighted by Crippen LogP contribution is -2.40. The van der Waals surface area contributed by atoms with Gasteiger partial charge >= 0.3 is 6.03 Å². The lowest BCUT2D eigenvalue weighted by atomic mass is 10.1. The van der Waals surface area contributed by atoms with Crippen LogP contribution in [0.5, 0.6) is 0 Å². The lowest BCUT2D eigenvalue weighted by Gasteiger charge is -2.14. The Kier molecular flexibility index (Phi) is 7.17. The molecule has 164 valence electrons. The van der Waals surface area contributed by atoms with Crippen LogP contribution >= 0.6 is 23.1 Å². The van der Waals surface area contributed by atoms with Gasteiger partial charge in [0, 0.05) is 11.4 Å². The van der Waals surface area contributed by atoms with E-state index >= 15 is 0 Å². The first-order valence-corrected chi connectivity index (χ1v) is 11.9. The Hall–Kier alpha value is -2.65. The normalized spacial score (nSPS) is 11.0. The lowest BCUT2D eigenvalue weighted by molar-refractivity contribution is -0.117. The zero-order valence-corrected chi connectivity index (χ0v) is 19.9. The van der Waals surface area contributed by atoms with Crippen molar-refractivity contribution in [1.82, 2.24) is 20.2 Å². The van der Waals surface area contributed by atoms with Crippen molar-refractivity contribution >= 4 is 45.3 Å². The number of thiophene rings is 1. The highest BCUT2D eigenvalue weighted by Crippen LogP contribution is 2.30. The van der Waals surface area contributed by atoms with Crippen LogP contribution in [-0.2, 0) is 11.2 Å². The molecule has 0 fully saturated rings. The molecule has 2 N–H and O–H groups in total. The fourth-order valence-corrected chi connectivity index (χ4v) is 5.28. The Balaban J connectivity index is 2.08. The average molecular weight is 459 g/mol. The number of fused-ring (bicyclic) bond motifs is 1. The Morgan fingerprint density at radius 3 is 2.55 bits per heavy atom. The highest BCUT2D eigenvalue weighted by molar-refractivity contribution is 7.99. The van der Waals surface area contributed by atoms with Crippen molar-refractivity contribution in [3.05, 3.63) is 50.1 Å². The Labute approximate surface area is 189 Å². The van der Waals surface area contributed by atoms with E-state index in [1.807, 2.05) is 45.9 Å². The van der Waals surface area contributed by atoms with Gasteiger partial charge in [-0.3, -0.25) is 19.5 Å². The van der Waals surface area contributed by atoms with E-state index in [2.05, 4.69) is 10.6 Å². The Morgan fingerprint density at radius 2 is 1.90 bits per heavy atom. The monoisotopic (exact) mass is 458 g/mol. The molecule has 0 radical (unpaired) electrons. The van der Waals surface area contributed by atoms with Crippen LogP contribution < -0.4 is 16.2 Å². The molecule has 7 nitrogen and oxygen atoms in total. The summed E-state index contributed by atoms with van der Waals surface area (Å²) in [6, 6.07) is 5.27. The predicted molar refractivity (Wildman–Crippen MR) is 127 cm³/mol. The summed E-state index contributed by atoms with van der Waals surface area (Å²) in [5.74, 6) is -0.487. The van der Waals surface area contributed by atoms with Gasteiger partial charge in [-0.15, -0.1) is 11.3 Å². The van der Waals surface area contributed by atoms with E-state index in [0.717, 1.165) is 39.8 Å². The van der Waals surface area contributed by atoms with Crippen LogP contribution in [0.25, 0.3) is 15.9 Å². The van der Waals surface area contributed by atoms with E-state index in [0.29, 0.717) is 27.6 Å². The summed E-state index contributed by atoms with van der Waals surface area (Å²) in [4.78, 5) is 43.9. The van der Waals surface area contributed by atoms with Gasteiger partial charge in [0.1, 0.15) is 4.83 Å². The quantitative estimate of drug-likeness (QED) is 0.432. The van der Waals surface area contributed by atoms with Gasteiger partial charge in [-0.2, -0.15) is 0 Å². The molecule has 31 heavy (non-hydrogen) atoms. The largest absolute Gasteiger partial charge is 0.338 e. The number of nitrogens with one attached hydrogen (secondary N) is 2. The van der Waals surface area contributed by atoms with Gasteiger partial charge in [0.05, 0.1) is 16.8 Å². The third kappa shape index (κ3) is 4.83. The second-order valence-corrected chi connectivity index (χ2v) is 9.32. The molecular weight excluding hydrogens is 432 g/mol. The number of thioether (sulfide) groups is 1. The molecule has 3 rings (SSSR count). The summed E-state index contributed by atoms with van der Waals surface area (Å²) in [5, 5.41) is 5.87. The topological polar surface area (TPSA) is 93.1 Å². The predicted octanol–water partition coefficient (Wildman–Crippen LogP) is 3.87. The number of carbonyl (C=O) groups excluding carboxylic acids is 2. The third-order valence-corrected chi connectivity index (χ3v) is 7.00. The standard InChI is InChI=1S/C22H26N4O3S2/c1-6-16-14(5)31-19-18(16)20(28)26(15-9-8-12(3)13(4)10-15)22(25-19)30-11-17(27)24-21(29)23-7-2/h8-10H,6-7,11H2,1-5H3,(H2,23,24,27,29). The van der Waals surface area contributed by atoms with Gasteiger partial charge in [-0.25, -0.2) is 9.78 Å². The number of rotatable bonds is 6. The molecule has 0 spiro atoms. The highest BCUT2D eigenvalue weighted by Gasteiger charge is 2.20. The van der Waals surface area contributed by atoms with Crippen molar-refractivity contribution in [3.63, 3.8) is 0 Å². The van der Waals surface area contributed by atoms with Gasteiger partial charge in [0.25, 0.3) is 5.56 Å². The maximum Gasteiger partial charge on any atom is 0.321 e. The van der Waals surface area contributed by atoms with Gasteiger partial charge in [-0.1, -0.05) is 24.8 Å². The summed E-state index contributed by atoms with van der Waals surface area (Å²) in [6.07, 6.45) is 0.747. The van der Waals surface area contributed by atoms with Crippen LogP contribution in [0.4, 0.5) is 4.79 Å². The summed E-state index contributed by atoms with van der Waals surface area (Å²) in [7, 11) is 0. The van der Waals surface area contributed by atoms with E-state index < -0.39 is 11.9 Å². The van der Waals surface area contributed by atoms with Gasteiger partial charge < -0.3 is 5.32 Å². The molecule has 0 saturated heterocycles. The van der Waals surface area contributed by atoms with Crippen molar-refractivity contribution < 1.29 is 9.59 Å². The van der Waals surface area contributed by atoms with E-state index in [-0.39, 0.29) is 11.3 Å². The minimum absolute atomic E-state index is 0.0368. The van der Waals surface area contributed by atoms with E-state index in [1.165, 1.54) is 11.3 Å². The number of imide groups is 1. The first kappa shape index (κ1) is 23.0. The molecule has 0 saturated carbocycles. The Morgan fingerprint density at radius 1 is 1.16 bits per heavy atom. The van der Waals surface area contributed by atoms with Crippen molar-refractivity contribution in [2.45, 2.75) is 46.2 Å². The molecule has 1 aromatic carbocycles. The van der Waals surface area contributed by atoms with E-state index in [9.17, 15) is 14.4 Å². The van der Waals surface area contributed by atoms with Crippen molar-refractivity contribution in [2.24, 2.45) is 0 Å². The van der Waals surface area contributed by atoms with E-state index in [1.54, 1.807) is 11.5 Å². The number of aromatic nitrogens is 2. The molecule has 9 heteroatoms. The molecule has 0 aliphatic rings. The van der Waals surface area contributed by atoms with Crippen LogP contribution in [0.15, 0.2) is 28.2 Å². The molecule has 0 unspecified atom stereocenters. The molecule has 3 amide bonds. The first-order valence-electron chi connectivity index (χ1n) is 10.1. The molecule has 2 heterocycles. The maximum absolute atomic E-state index is 13.6. The number of carbonyl (C=O) groups is 2. The number of hydrogen-bond donors (Lipinski definition) is 2. The minimum atomic E-state index is -0.537. The zero-order chi connectivity index (χ0) is 22.7. The van der Waals surface area contributed by atoms with Gasteiger partial charge in [-0.05, 0) is 62.9 Å². The van der Waals surface area contributed by atoms with Gasteiger partial charge in [0.2, 0.25) is 5.91 Å². The molecular formula is C22H26N4O3S2. The molecule has 0 bridgehead atoms. The van der Waals surface area contributed by atoms with Crippen LogP contribution in [0.3, 0.4) is 0 Å². The van der Waals surface area contributed by atoms with Crippen LogP contribution in [0, 0.1) is 20.8 Å². The van der Waals surface area contributed by atoms with E-state index in [4.69, 9.17) is 4.98 Å². The smallest absolute Gasteiger partial charge is 0.321 e. The van der Waals surface area contributed by atoms with Crippen LogP contribution in [0.2, 0.25) is 0 Å². The highest BCUT2D eigenvalue weighted by atomic mass is 32.2. The second-order valence-electron chi connectivity index (χ2n) is 7.17. The number of aryl methyl sites for hydroxylation is 4. The fourth-order valence-electron chi connectivity index (χ4n) is 3.31. The van der Waals surface area contributed by atoms with Crippen LogP contribution in [0.1, 0.15) is 35.4 Å². The van der Waals surface area contributed by atoms with Crippen molar-refractivity contribution in [1.29, 1.82) is 0 Å². The average Bonchev–Trinajstić information content (AvgIpc) is 3.04. The number of amides is 3. The zero-order valence-electron chi connectivity index (χ0n) is 18.3. The summed E-state index contributed by atoms with van der Waals surface area (Å²) < 4.78 is 1.57. The summed E-state index contributed by atoms with van der Waals surface area (Å²) in [5.41, 5.74) is 3.77. The molecule has 0 aliphatic heterocycles. The Bertz CT molecular complexity index is 1210. The van der Waals surface area contributed by atoms with Crippen molar-refractivity contribution in [3.8, 4) is 5.69 Å².